The molecule has 3 heterocycles. The second kappa shape index (κ2) is 9.16. The minimum atomic E-state index is 0.0783. The first kappa shape index (κ1) is 18.9. The van der Waals surface area contributed by atoms with E-state index in [2.05, 4.69) is 15.2 Å². The normalized spacial score (nSPS) is 29.9. The Hall–Kier alpha value is -1.46. The van der Waals surface area contributed by atoms with Gasteiger partial charge in [0.25, 0.3) is 0 Å². The summed E-state index contributed by atoms with van der Waals surface area (Å²) in [6.45, 7) is 4.64. The Morgan fingerprint density at radius 3 is 2.93 bits per heavy atom. The highest BCUT2D eigenvalue weighted by Gasteiger charge is 2.41. The molecule has 1 aromatic heterocycles. The SMILES string of the molecule is O=C(NCc1cccnc1)[C@@H]1CCO[C@@H]2CCN(CC3CCCCC3)C[C@H]21. The monoisotopic (exact) mass is 371 g/mol. The van der Waals surface area contributed by atoms with E-state index in [1.807, 2.05) is 18.3 Å². The molecule has 1 aromatic rings. The number of ether oxygens (including phenoxy) is 1. The number of likely N-dealkylation sites (tertiary alicyclic amines) is 1. The molecule has 3 aliphatic rings. The molecular formula is C22H33N3O2. The van der Waals surface area contributed by atoms with Crippen molar-refractivity contribution in [2.24, 2.45) is 17.8 Å². The van der Waals surface area contributed by atoms with Crippen LogP contribution in [0, 0.1) is 17.8 Å². The van der Waals surface area contributed by atoms with E-state index in [0.717, 1.165) is 44.0 Å². The summed E-state index contributed by atoms with van der Waals surface area (Å²) in [7, 11) is 0. The van der Waals surface area contributed by atoms with Crippen LogP contribution in [0.25, 0.3) is 0 Å². The third kappa shape index (κ3) is 4.88. The molecule has 1 N–H and O–H groups in total. The van der Waals surface area contributed by atoms with E-state index in [1.165, 1.54) is 38.6 Å². The molecule has 0 radical (unpaired) electrons. The van der Waals surface area contributed by atoms with Crippen LogP contribution in [-0.2, 0) is 16.1 Å². The summed E-state index contributed by atoms with van der Waals surface area (Å²) in [6, 6.07) is 3.92. The van der Waals surface area contributed by atoms with Gasteiger partial charge in [-0.05, 0) is 43.2 Å². The Kier molecular flexibility index (Phi) is 6.40. The Morgan fingerprint density at radius 1 is 1.22 bits per heavy atom. The molecule has 1 aliphatic carbocycles. The Morgan fingerprint density at radius 2 is 2.11 bits per heavy atom. The number of carbonyl (C=O) groups excluding carboxylic acids is 1. The van der Waals surface area contributed by atoms with Crippen molar-refractivity contribution in [3.05, 3.63) is 30.1 Å². The molecule has 0 bridgehead atoms. The average Bonchev–Trinajstić information content (AvgIpc) is 2.73. The number of aromatic nitrogens is 1. The van der Waals surface area contributed by atoms with Gasteiger partial charge in [-0.25, -0.2) is 0 Å². The minimum absolute atomic E-state index is 0.0783. The van der Waals surface area contributed by atoms with E-state index in [1.54, 1.807) is 6.20 Å². The predicted octanol–water partition coefficient (Wildman–Crippen LogP) is 3.01. The third-order valence-electron chi connectivity index (χ3n) is 6.72. The molecule has 2 aliphatic heterocycles. The van der Waals surface area contributed by atoms with Crippen molar-refractivity contribution >= 4 is 5.91 Å². The maximum atomic E-state index is 12.9. The van der Waals surface area contributed by atoms with Gasteiger partial charge in [-0.2, -0.15) is 0 Å². The fourth-order valence-electron chi connectivity index (χ4n) is 5.23. The topological polar surface area (TPSA) is 54.5 Å². The lowest BCUT2D eigenvalue weighted by molar-refractivity contribution is -0.142. The van der Waals surface area contributed by atoms with Crippen molar-refractivity contribution < 1.29 is 9.53 Å². The van der Waals surface area contributed by atoms with Gasteiger partial charge in [0.15, 0.2) is 0 Å². The Balaban J connectivity index is 1.33. The molecule has 3 atom stereocenters. The highest BCUT2D eigenvalue weighted by molar-refractivity contribution is 5.79. The van der Waals surface area contributed by atoms with E-state index in [-0.39, 0.29) is 17.9 Å². The molecule has 4 rings (SSSR count). The van der Waals surface area contributed by atoms with Crippen LogP contribution in [0.3, 0.4) is 0 Å². The maximum absolute atomic E-state index is 12.9. The highest BCUT2D eigenvalue weighted by Crippen LogP contribution is 2.34. The first-order valence-corrected chi connectivity index (χ1v) is 10.8. The fraction of sp³-hybridized carbons (Fsp3) is 0.727. The molecule has 1 amide bonds. The second-order valence-electron chi connectivity index (χ2n) is 8.60. The number of pyridine rings is 1. The average molecular weight is 372 g/mol. The molecule has 148 valence electrons. The zero-order chi connectivity index (χ0) is 18.5. The van der Waals surface area contributed by atoms with Crippen molar-refractivity contribution in [1.82, 2.24) is 15.2 Å². The number of rotatable bonds is 5. The van der Waals surface area contributed by atoms with Gasteiger partial charge in [0.1, 0.15) is 0 Å². The van der Waals surface area contributed by atoms with Crippen LogP contribution in [-0.4, -0.2) is 48.1 Å². The third-order valence-corrected chi connectivity index (χ3v) is 6.72. The minimum Gasteiger partial charge on any atom is -0.378 e. The van der Waals surface area contributed by atoms with Crippen LogP contribution < -0.4 is 5.32 Å². The van der Waals surface area contributed by atoms with Gasteiger partial charge >= 0.3 is 0 Å². The molecule has 0 spiro atoms. The summed E-state index contributed by atoms with van der Waals surface area (Å²) >= 11 is 0. The quantitative estimate of drug-likeness (QED) is 0.864. The molecule has 1 saturated carbocycles. The van der Waals surface area contributed by atoms with Crippen LogP contribution in [0.1, 0.15) is 50.5 Å². The summed E-state index contributed by atoms with van der Waals surface area (Å²) in [5.74, 6) is 1.47. The number of nitrogens with zero attached hydrogens (tertiary/aromatic N) is 2. The fourth-order valence-corrected chi connectivity index (χ4v) is 5.23. The van der Waals surface area contributed by atoms with Gasteiger partial charge in [-0.15, -0.1) is 0 Å². The van der Waals surface area contributed by atoms with E-state index in [4.69, 9.17) is 4.74 Å². The van der Waals surface area contributed by atoms with E-state index < -0.39 is 0 Å². The van der Waals surface area contributed by atoms with Crippen molar-refractivity contribution in [2.75, 3.05) is 26.2 Å². The lowest BCUT2D eigenvalue weighted by Crippen LogP contribution is -2.54. The highest BCUT2D eigenvalue weighted by atomic mass is 16.5. The number of amides is 1. The van der Waals surface area contributed by atoms with Gasteiger partial charge in [0.2, 0.25) is 5.91 Å². The summed E-state index contributed by atoms with van der Waals surface area (Å²) in [6.07, 6.45) is 12.7. The molecule has 27 heavy (non-hydrogen) atoms. The number of carbonyl (C=O) groups is 1. The zero-order valence-corrected chi connectivity index (χ0v) is 16.3. The van der Waals surface area contributed by atoms with Crippen LogP contribution in [0.4, 0.5) is 0 Å². The standard InChI is InChI=1S/C22H33N3O2/c26-22(24-14-18-7-4-10-23-13-18)19-9-12-27-21-8-11-25(16-20(19)21)15-17-5-2-1-3-6-17/h4,7,10,13,17,19-21H,1-3,5-6,8-9,11-12,14-16H2,(H,24,26)/t19-,20+,21-/m1/s1. The van der Waals surface area contributed by atoms with Gasteiger partial charge in [0.05, 0.1) is 6.10 Å². The van der Waals surface area contributed by atoms with Crippen molar-refractivity contribution in [3.63, 3.8) is 0 Å². The smallest absolute Gasteiger partial charge is 0.223 e. The number of fused-ring (bicyclic) bond motifs is 1. The van der Waals surface area contributed by atoms with E-state index >= 15 is 0 Å². The molecule has 0 aromatic carbocycles. The predicted molar refractivity (Wildman–Crippen MR) is 105 cm³/mol. The van der Waals surface area contributed by atoms with Crippen LogP contribution in [0.2, 0.25) is 0 Å². The van der Waals surface area contributed by atoms with Gasteiger partial charge in [0, 0.05) is 57.0 Å². The molecule has 3 fully saturated rings. The number of hydrogen-bond donors (Lipinski definition) is 1. The first-order valence-electron chi connectivity index (χ1n) is 10.8. The van der Waals surface area contributed by atoms with Crippen LogP contribution >= 0.6 is 0 Å². The number of piperidine rings is 1. The maximum Gasteiger partial charge on any atom is 0.223 e. The number of hydrogen-bond acceptors (Lipinski definition) is 4. The summed E-state index contributed by atoms with van der Waals surface area (Å²) < 4.78 is 6.05. The van der Waals surface area contributed by atoms with Crippen molar-refractivity contribution in [1.29, 1.82) is 0 Å². The molecule has 5 heteroatoms. The lowest BCUT2D eigenvalue weighted by atomic mass is 9.78. The van der Waals surface area contributed by atoms with Crippen LogP contribution in [0.15, 0.2) is 24.5 Å². The van der Waals surface area contributed by atoms with Crippen molar-refractivity contribution in [3.8, 4) is 0 Å². The zero-order valence-electron chi connectivity index (χ0n) is 16.3. The van der Waals surface area contributed by atoms with E-state index in [9.17, 15) is 4.79 Å². The Bertz CT molecular complexity index is 603. The Labute approximate surface area is 162 Å². The molecule has 2 saturated heterocycles. The van der Waals surface area contributed by atoms with Crippen LogP contribution in [0.5, 0.6) is 0 Å². The summed E-state index contributed by atoms with van der Waals surface area (Å²) in [5.41, 5.74) is 1.05. The molecule has 0 unspecified atom stereocenters. The first-order chi connectivity index (χ1) is 13.3. The summed E-state index contributed by atoms with van der Waals surface area (Å²) in [5, 5.41) is 3.14. The van der Waals surface area contributed by atoms with Gasteiger partial charge < -0.3 is 15.0 Å². The van der Waals surface area contributed by atoms with Gasteiger partial charge in [-0.3, -0.25) is 9.78 Å². The van der Waals surface area contributed by atoms with E-state index in [0.29, 0.717) is 12.5 Å². The number of nitrogens with one attached hydrogen (secondary N) is 1. The second-order valence-corrected chi connectivity index (χ2v) is 8.60. The summed E-state index contributed by atoms with van der Waals surface area (Å²) in [4.78, 5) is 19.7. The van der Waals surface area contributed by atoms with Gasteiger partial charge in [-0.1, -0.05) is 25.3 Å². The largest absolute Gasteiger partial charge is 0.378 e. The lowest BCUT2D eigenvalue weighted by Gasteiger charge is -2.45. The molecular weight excluding hydrogens is 338 g/mol. The van der Waals surface area contributed by atoms with Crippen molar-refractivity contribution in [2.45, 2.75) is 57.6 Å². The molecule has 5 nitrogen and oxygen atoms in total.